The van der Waals surface area contributed by atoms with Crippen LogP contribution in [0.4, 0.5) is 5.69 Å². The zero-order valence-electron chi connectivity index (χ0n) is 16.8. The van der Waals surface area contributed by atoms with E-state index in [1.54, 1.807) is 54.9 Å². The highest BCUT2D eigenvalue weighted by Gasteiger charge is 2.18. The molecule has 0 saturated carbocycles. The molecule has 3 heterocycles. The van der Waals surface area contributed by atoms with Gasteiger partial charge in [0.15, 0.2) is 5.82 Å². The van der Waals surface area contributed by atoms with Crippen LogP contribution >= 0.6 is 0 Å². The fourth-order valence-corrected chi connectivity index (χ4v) is 3.21. The summed E-state index contributed by atoms with van der Waals surface area (Å²) >= 11 is 0. The Kier molecular flexibility index (Phi) is 5.58. The third-order valence-electron chi connectivity index (χ3n) is 4.76. The summed E-state index contributed by atoms with van der Waals surface area (Å²) in [5.74, 6) is -0.859. The lowest BCUT2D eigenvalue weighted by Crippen LogP contribution is -2.38. The number of rotatable bonds is 6. The van der Waals surface area contributed by atoms with Gasteiger partial charge >= 0.3 is 5.69 Å². The molecular formula is C22H18N6O4. The Morgan fingerprint density at radius 1 is 1.00 bits per heavy atom. The molecule has 0 aliphatic carbocycles. The Bertz CT molecular complexity index is 1380. The lowest BCUT2D eigenvalue weighted by Gasteiger charge is -2.15. The highest BCUT2D eigenvalue weighted by Crippen LogP contribution is 2.14. The average molecular weight is 430 g/mol. The van der Waals surface area contributed by atoms with Crippen LogP contribution in [0.15, 0.2) is 76.6 Å². The van der Waals surface area contributed by atoms with Gasteiger partial charge in [0.1, 0.15) is 6.54 Å². The predicted octanol–water partition coefficient (Wildman–Crippen LogP) is 0.691. The number of pyridine rings is 2. The van der Waals surface area contributed by atoms with E-state index in [4.69, 9.17) is 5.73 Å². The normalized spacial score (nSPS) is 10.8. The smallest absolute Gasteiger partial charge is 0.352 e. The van der Waals surface area contributed by atoms with Crippen molar-refractivity contribution in [1.82, 2.24) is 19.1 Å². The molecule has 0 unspecified atom stereocenters. The van der Waals surface area contributed by atoms with Gasteiger partial charge < -0.3 is 15.6 Å². The fourth-order valence-electron chi connectivity index (χ4n) is 3.21. The number of primary amides is 1. The van der Waals surface area contributed by atoms with Crippen molar-refractivity contribution < 1.29 is 9.59 Å². The molecule has 32 heavy (non-hydrogen) atoms. The number of aromatic nitrogens is 4. The van der Waals surface area contributed by atoms with Gasteiger partial charge in [-0.15, -0.1) is 0 Å². The third-order valence-corrected chi connectivity index (χ3v) is 4.76. The summed E-state index contributed by atoms with van der Waals surface area (Å²) in [6.07, 6.45) is 3.14. The van der Waals surface area contributed by atoms with Crippen molar-refractivity contribution in [3.05, 3.63) is 99.1 Å². The van der Waals surface area contributed by atoms with Gasteiger partial charge in [0.05, 0.1) is 17.8 Å². The van der Waals surface area contributed by atoms with Crippen molar-refractivity contribution in [2.75, 3.05) is 5.32 Å². The molecule has 0 atom stereocenters. The summed E-state index contributed by atoms with van der Waals surface area (Å²) in [5, 5.41) is 2.69. The minimum absolute atomic E-state index is 0.00186. The number of carbonyl (C=O) groups is 2. The fraction of sp³-hybridized carbons (Fsp3) is 0.0909. The lowest BCUT2D eigenvalue weighted by molar-refractivity contribution is -0.116. The van der Waals surface area contributed by atoms with Crippen LogP contribution in [0.1, 0.15) is 16.1 Å². The summed E-state index contributed by atoms with van der Waals surface area (Å²) in [6, 6.07) is 14.5. The van der Waals surface area contributed by atoms with Gasteiger partial charge in [0, 0.05) is 23.6 Å². The van der Waals surface area contributed by atoms with Gasteiger partial charge in [-0.05, 0) is 48.5 Å². The molecule has 0 spiro atoms. The maximum Gasteiger partial charge on any atom is 0.352 e. The second kappa shape index (κ2) is 8.64. The Labute approximate surface area is 181 Å². The van der Waals surface area contributed by atoms with Crippen molar-refractivity contribution >= 4 is 17.5 Å². The van der Waals surface area contributed by atoms with Gasteiger partial charge in [-0.1, -0.05) is 6.07 Å². The summed E-state index contributed by atoms with van der Waals surface area (Å²) in [6.45, 7) is -0.177. The van der Waals surface area contributed by atoms with Gasteiger partial charge in [0.25, 0.3) is 5.56 Å². The lowest BCUT2D eigenvalue weighted by atomic mass is 10.2. The van der Waals surface area contributed by atoms with Crippen molar-refractivity contribution in [2.45, 2.75) is 13.1 Å². The highest BCUT2D eigenvalue weighted by atomic mass is 16.2. The average Bonchev–Trinajstić information content (AvgIpc) is 2.78. The molecule has 0 radical (unpaired) electrons. The third kappa shape index (κ3) is 4.29. The van der Waals surface area contributed by atoms with E-state index < -0.39 is 23.1 Å². The molecule has 1 aromatic heterocycles. The van der Waals surface area contributed by atoms with E-state index in [0.717, 1.165) is 4.57 Å². The first kappa shape index (κ1) is 20.7. The molecule has 0 fully saturated rings. The molecule has 10 nitrogen and oxygen atoms in total. The predicted molar refractivity (Wildman–Crippen MR) is 116 cm³/mol. The van der Waals surface area contributed by atoms with E-state index in [1.807, 2.05) is 0 Å². The first-order chi connectivity index (χ1) is 15.4. The number of nitrogens with one attached hydrogen (secondary N) is 1. The molecule has 4 rings (SSSR count). The molecule has 3 N–H and O–H groups in total. The Morgan fingerprint density at radius 2 is 1.78 bits per heavy atom. The van der Waals surface area contributed by atoms with Crippen LogP contribution in [0.25, 0.3) is 11.4 Å². The monoisotopic (exact) mass is 430 g/mol. The molecule has 2 aromatic rings. The van der Waals surface area contributed by atoms with E-state index in [9.17, 15) is 19.2 Å². The minimum atomic E-state index is -0.726. The zero-order chi connectivity index (χ0) is 22.7. The highest BCUT2D eigenvalue weighted by molar-refractivity contribution is 5.94. The molecule has 0 bridgehead atoms. The molecule has 2 aliphatic rings. The quantitative estimate of drug-likeness (QED) is 0.461. The van der Waals surface area contributed by atoms with Gasteiger partial charge in [0.2, 0.25) is 11.8 Å². The Hall–Kier alpha value is -4.60. The van der Waals surface area contributed by atoms with Crippen LogP contribution in [0.5, 0.6) is 0 Å². The van der Waals surface area contributed by atoms with Crippen molar-refractivity contribution in [1.29, 1.82) is 0 Å². The number of amides is 2. The second-order valence-electron chi connectivity index (χ2n) is 6.97. The van der Waals surface area contributed by atoms with Gasteiger partial charge in [-0.25, -0.2) is 4.79 Å². The van der Waals surface area contributed by atoms with Crippen LogP contribution < -0.4 is 22.3 Å². The van der Waals surface area contributed by atoms with E-state index in [-0.39, 0.29) is 24.5 Å². The second-order valence-corrected chi connectivity index (χ2v) is 6.97. The SMILES string of the molecule is NC(=O)c1ccc(NC(=O)Cn2cccc3c(=O)n(Cc4ccccn4)c(=O)nc2-3)cc1. The zero-order valence-corrected chi connectivity index (χ0v) is 16.8. The van der Waals surface area contributed by atoms with Crippen LogP contribution in [0.3, 0.4) is 0 Å². The van der Waals surface area contributed by atoms with Crippen LogP contribution in [0.2, 0.25) is 0 Å². The molecule has 0 saturated heterocycles. The molecule has 2 aliphatic heterocycles. The number of hydrogen-bond acceptors (Lipinski definition) is 6. The first-order valence-electron chi connectivity index (χ1n) is 9.62. The van der Waals surface area contributed by atoms with Gasteiger partial charge in [-0.2, -0.15) is 4.98 Å². The molecule has 10 heteroatoms. The standard InChI is InChI=1S/C22H18N6O4/c23-19(30)14-6-8-15(9-7-14)25-18(29)13-27-11-3-5-17-20(27)26-22(32)28(21(17)31)12-16-4-1-2-10-24-16/h1-11H,12-13H2,(H2,23,30)(H,25,29). The van der Waals surface area contributed by atoms with E-state index in [1.165, 1.54) is 16.7 Å². The number of fused-ring (bicyclic) bond motifs is 1. The number of hydrogen-bond donors (Lipinski definition) is 2. The number of nitrogens with two attached hydrogens (primary N) is 1. The van der Waals surface area contributed by atoms with Crippen molar-refractivity contribution in [2.24, 2.45) is 5.73 Å². The first-order valence-corrected chi connectivity index (χ1v) is 9.62. The largest absolute Gasteiger partial charge is 0.366 e. The number of anilines is 1. The summed E-state index contributed by atoms with van der Waals surface area (Å²) < 4.78 is 2.44. The molecule has 160 valence electrons. The maximum absolute atomic E-state index is 12.9. The summed E-state index contributed by atoms with van der Waals surface area (Å²) in [5.41, 5.74) is 5.52. The van der Waals surface area contributed by atoms with E-state index >= 15 is 0 Å². The summed E-state index contributed by atoms with van der Waals surface area (Å²) in [7, 11) is 0. The molecule has 2 amide bonds. The van der Waals surface area contributed by atoms with Gasteiger partial charge in [-0.3, -0.25) is 23.9 Å². The number of benzene rings is 1. The topological polar surface area (TPSA) is 142 Å². The minimum Gasteiger partial charge on any atom is -0.366 e. The maximum atomic E-state index is 12.9. The van der Waals surface area contributed by atoms with Crippen LogP contribution in [-0.4, -0.2) is 30.9 Å². The van der Waals surface area contributed by atoms with E-state index in [0.29, 0.717) is 16.9 Å². The Balaban J connectivity index is 1.59. The van der Waals surface area contributed by atoms with Crippen molar-refractivity contribution in [3.63, 3.8) is 0 Å². The number of carbonyl (C=O) groups excluding carboxylic acids is 2. The molecular weight excluding hydrogens is 412 g/mol. The van der Waals surface area contributed by atoms with Crippen molar-refractivity contribution in [3.8, 4) is 11.4 Å². The Morgan fingerprint density at radius 3 is 2.47 bits per heavy atom. The number of nitrogens with zero attached hydrogens (tertiary/aromatic N) is 4. The van der Waals surface area contributed by atoms with Crippen LogP contribution in [-0.2, 0) is 17.9 Å². The summed E-state index contributed by atoms with van der Waals surface area (Å²) in [4.78, 5) is 57.3. The van der Waals surface area contributed by atoms with Crippen LogP contribution in [0, 0.1) is 0 Å². The molecule has 1 aromatic carbocycles. The van der Waals surface area contributed by atoms with E-state index in [2.05, 4.69) is 15.3 Å².